The molecule has 0 unspecified atom stereocenters. The second-order valence-corrected chi connectivity index (χ2v) is 7.41. The summed E-state index contributed by atoms with van der Waals surface area (Å²) in [6.45, 7) is 4.07. The van der Waals surface area contributed by atoms with E-state index in [9.17, 15) is 9.90 Å². The highest BCUT2D eigenvalue weighted by Gasteiger charge is 2.18. The first-order valence-electron chi connectivity index (χ1n) is 8.24. The zero-order chi connectivity index (χ0) is 17.1. The first-order valence-corrected chi connectivity index (χ1v) is 9.40. The minimum atomic E-state index is -0.921. The van der Waals surface area contributed by atoms with Crippen molar-refractivity contribution in [1.82, 2.24) is 0 Å². The normalized spacial score (nSPS) is 15.2. The third-order valence-electron chi connectivity index (χ3n) is 4.59. The van der Waals surface area contributed by atoms with Gasteiger partial charge in [-0.15, -0.1) is 0 Å². The molecule has 3 rings (SSSR count). The van der Waals surface area contributed by atoms with E-state index in [1.54, 1.807) is 6.07 Å². The van der Waals surface area contributed by atoms with Crippen molar-refractivity contribution >= 4 is 17.7 Å². The fraction of sp³-hybridized carbons (Fsp3) is 0.350. The molecule has 24 heavy (non-hydrogen) atoms. The van der Waals surface area contributed by atoms with Crippen LogP contribution in [0.5, 0.6) is 5.75 Å². The molecule has 0 amide bonds. The third-order valence-corrected chi connectivity index (χ3v) is 5.64. The van der Waals surface area contributed by atoms with E-state index in [0.717, 1.165) is 46.6 Å². The van der Waals surface area contributed by atoms with E-state index in [-0.39, 0.29) is 6.10 Å². The molecule has 1 aliphatic heterocycles. The van der Waals surface area contributed by atoms with E-state index in [4.69, 9.17) is 4.74 Å². The fourth-order valence-electron chi connectivity index (χ4n) is 3.04. The van der Waals surface area contributed by atoms with Gasteiger partial charge in [-0.25, -0.2) is 4.79 Å². The zero-order valence-corrected chi connectivity index (χ0v) is 14.9. The predicted octanol–water partition coefficient (Wildman–Crippen LogP) is 4.94. The van der Waals surface area contributed by atoms with Crippen molar-refractivity contribution in [2.45, 2.75) is 32.8 Å². The Bertz CT molecular complexity index is 749. The molecule has 3 nitrogen and oxygen atoms in total. The molecule has 1 heterocycles. The maximum absolute atomic E-state index is 11.8. The first-order chi connectivity index (χ1) is 11.6. The Morgan fingerprint density at radius 1 is 1.12 bits per heavy atom. The van der Waals surface area contributed by atoms with Gasteiger partial charge in [0.2, 0.25) is 0 Å². The number of carboxylic acid groups (broad SMARTS) is 1. The van der Waals surface area contributed by atoms with Gasteiger partial charge in [-0.05, 0) is 78.6 Å². The molecule has 1 N–H and O–H groups in total. The molecule has 2 aromatic carbocycles. The van der Waals surface area contributed by atoms with Crippen molar-refractivity contribution in [3.05, 3.63) is 53.1 Å². The Labute approximate surface area is 147 Å². The maximum atomic E-state index is 11.8. The van der Waals surface area contributed by atoms with Crippen LogP contribution in [0.2, 0.25) is 0 Å². The largest absolute Gasteiger partial charge is 0.490 e. The van der Waals surface area contributed by atoms with Crippen molar-refractivity contribution in [2.75, 3.05) is 11.5 Å². The van der Waals surface area contributed by atoms with Crippen LogP contribution < -0.4 is 4.74 Å². The number of rotatable bonds is 4. The van der Waals surface area contributed by atoms with E-state index in [1.807, 2.05) is 55.9 Å². The Hall–Kier alpha value is -1.94. The summed E-state index contributed by atoms with van der Waals surface area (Å²) >= 11 is 1.95. The quantitative estimate of drug-likeness (QED) is 0.854. The molecule has 0 aromatic heterocycles. The van der Waals surface area contributed by atoms with Gasteiger partial charge >= 0.3 is 5.97 Å². The van der Waals surface area contributed by atoms with Gasteiger partial charge in [0.15, 0.2) is 0 Å². The van der Waals surface area contributed by atoms with Crippen LogP contribution in [0.3, 0.4) is 0 Å². The van der Waals surface area contributed by atoms with Gasteiger partial charge in [0, 0.05) is 0 Å². The summed E-state index contributed by atoms with van der Waals surface area (Å²) in [7, 11) is 0. The minimum Gasteiger partial charge on any atom is -0.490 e. The highest BCUT2D eigenvalue weighted by molar-refractivity contribution is 7.99. The Morgan fingerprint density at radius 2 is 1.88 bits per heavy atom. The van der Waals surface area contributed by atoms with E-state index < -0.39 is 5.97 Å². The van der Waals surface area contributed by atoms with Crippen molar-refractivity contribution in [3.8, 4) is 16.9 Å². The average Bonchev–Trinajstić information content (AvgIpc) is 2.58. The number of aryl methyl sites for hydroxylation is 1. The van der Waals surface area contributed by atoms with Gasteiger partial charge in [0.1, 0.15) is 11.9 Å². The van der Waals surface area contributed by atoms with E-state index in [2.05, 4.69) is 0 Å². The van der Waals surface area contributed by atoms with Crippen LogP contribution in [-0.4, -0.2) is 28.7 Å². The number of hydrogen-bond donors (Lipinski definition) is 1. The molecular weight excluding hydrogens is 320 g/mol. The minimum absolute atomic E-state index is 0.194. The second kappa shape index (κ2) is 7.31. The molecule has 0 spiro atoms. The number of carboxylic acids is 1. The van der Waals surface area contributed by atoms with Crippen molar-refractivity contribution in [1.29, 1.82) is 0 Å². The molecule has 1 saturated heterocycles. The first kappa shape index (κ1) is 16.9. The number of aromatic carboxylic acids is 1. The lowest BCUT2D eigenvalue weighted by molar-refractivity contribution is 0.0696. The fourth-order valence-corrected chi connectivity index (χ4v) is 4.10. The molecule has 0 bridgehead atoms. The second-order valence-electron chi connectivity index (χ2n) is 6.19. The molecule has 0 radical (unpaired) electrons. The van der Waals surface area contributed by atoms with Gasteiger partial charge in [0.05, 0.1) is 5.56 Å². The van der Waals surface area contributed by atoms with Crippen molar-refractivity contribution in [2.24, 2.45) is 0 Å². The van der Waals surface area contributed by atoms with Crippen molar-refractivity contribution < 1.29 is 14.6 Å². The third kappa shape index (κ3) is 3.59. The van der Waals surface area contributed by atoms with E-state index >= 15 is 0 Å². The van der Waals surface area contributed by atoms with Crippen LogP contribution in [-0.2, 0) is 0 Å². The monoisotopic (exact) mass is 342 g/mol. The van der Waals surface area contributed by atoms with Gasteiger partial charge in [-0.1, -0.05) is 18.2 Å². The van der Waals surface area contributed by atoms with Crippen LogP contribution >= 0.6 is 11.8 Å². The molecular formula is C20H22O3S. The Balaban J connectivity index is 1.95. The summed E-state index contributed by atoms with van der Waals surface area (Å²) in [6, 6.07) is 11.4. The standard InChI is InChI=1S/C20H22O3S/c1-13-4-3-5-17(14(13)2)18-7-6-16(12-19(18)20(21)22)23-15-8-10-24-11-9-15/h3-7,12,15H,8-11H2,1-2H3,(H,21,22). The highest BCUT2D eigenvalue weighted by atomic mass is 32.2. The molecule has 4 heteroatoms. The summed E-state index contributed by atoms with van der Waals surface area (Å²) in [5.41, 5.74) is 4.27. The van der Waals surface area contributed by atoms with Crippen LogP contribution in [0.4, 0.5) is 0 Å². The molecule has 0 aliphatic carbocycles. The van der Waals surface area contributed by atoms with Crippen molar-refractivity contribution in [3.63, 3.8) is 0 Å². The lowest BCUT2D eigenvalue weighted by Crippen LogP contribution is -2.22. The van der Waals surface area contributed by atoms with Crippen LogP contribution in [0.15, 0.2) is 36.4 Å². The highest BCUT2D eigenvalue weighted by Crippen LogP contribution is 2.32. The lowest BCUT2D eigenvalue weighted by atomic mass is 9.93. The summed E-state index contributed by atoms with van der Waals surface area (Å²) in [5.74, 6) is 1.95. The lowest BCUT2D eigenvalue weighted by Gasteiger charge is -2.23. The SMILES string of the molecule is Cc1cccc(-c2ccc(OC3CCSCC3)cc2C(=O)O)c1C. The summed E-state index contributed by atoms with van der Waals surface area (Å²) in [6.07, 6.45) is 2.23. The summed E-state index contributed by atoms with van der Waals surface area (Å²) < 4.78 is 6.01. The molecule has 126 valence electrons. The molecule has 0 atom stereocenters. The maximum Gasteiger partial charge on any atom is 0.336 e. The summed E-state index contributed by atoms with van der Waals surface area (Å²) in [4.78, 5) is 11.8. The van der Waals surface area contributed by atoms with Gasteiger partial charge in [0.25, 0.3) is 0 Å². The predicted molar refractivity (Wildman–Crippen MR) is 99.3 cm³/mol. The average molecular weight is 342 g/mol. The molecule has 2 aromatic rings. The van der Waals surface area contributed by atoms with Crippen LogP contribution in [0, 0.1) is 13.8 Å². The smallest absolute Gasteiger partial charge is 0.336 e. The molecule has 1 fully saturated rings. The van der Waals surface area contributed by atoms with Crippen LogP contribution in [0.1, 0.15) is 34.3 Å². The molecule has 1 aliphatic rings. The van der Waals surface area contributed by atoms with E-state index in [0.29, 0.717) is 11.3 Å². The summed E-state index contributed by atoms with van der Waals surface area (Å²) in [5, 5.41) is 9.66. The number of benzene rings is 2. The Morgan fingerprint density at radius 3 is 2.58 bits per heavy atom. The molecule has 0 saturated carbocycles. The Kier molecular flexibility index (Phi) is 5.14. The van der Waals surface area contributed by atoms with Crippen LogP contribution in [0.25, 0.3) is 11.1 Å². The van der Waals surface area contributed by atoms with Gasteiger partial charge in [-0.2, -0.15) is 11.8 Å². The number of carbonyl (C=O) groups is 1. The van der Waals surface area contributed by atoms with E-state index in [1.165, 1.54) is 0 Å². The number of thioether (sulfide) groups is 1. The van der Waals surface area contributed by atoms with Gasteiger partial charge in [-0.3, -0.25) is 0 Å². The number of hydrogen-bond acceptors (Lipinski definition) is 3. The topological polar surface area (TPSA) is 46.5 Å². The number of ether oxygens (including phenoxy) is 1. The zero-order valence-electron chi connectivity index (χ0n) is 14.0. The van der Waals surface area contributed by atoms with Gasteiger partial charge < -0.3 is 9.84 Å².